The zero-order valence-corrected chi connectivity index (χ0v) is 19.1. The molecule has 0 spiro atoms. The smallest absolute Gasteiger partial charge is 0.322 e. The van der Waals surface area contributed by atoms with Gasteiger partial charge in [-0.25, -0.2) is 24.3 Å². The van der Waals surface area contributed by atoms with Gasteiger partial charge in [-0.1, -0.05) is 18.7 Å². The Kier molecular flexibility index (Phi) is 5.83. The van der Waals surface area contributed by atoms with Gasteiger partial charge >= 0.3 is 6.01 Å². The van der Waals surface area contributed by atoms with E-state index in [9.17, 15) is 4.79 Å². The second-order valence-corrected chi connectivity index (χ2v) is 7.82. The number of benzene rings is 2. The molecule has 0 aliphatic carbocycles. The molecule has 1 amide bonds. The number of aryl methyl sites for hydroxylation is 1. The van der Waals surface area contributed by atoms with E-state index in [2.05, 4.69) is 31.8 Å². The summed E-state index contributed by atoms with van der Waals surface area (Å²) in [5.41, 5.74) is 10.1. The number of nitrogen functional groups attached to an aromatic ring is 1. The van der Waals surface area contributed by atoms with Crippen LogP contribution in [0.5, 0.6) is 11.8 Å². The molecule has 0 radical (unpaired) electrons. The van der Waals surface area contributed by atoms with E-state index in [-0.39, 0.29) is 29.2 Å². The summed E-state index contributed by atoms with van der Waals surface area (Å²) in [5, 5.41) is 2.70. The molecule has 178 valence electrons. The van der Waals surface area contributed by atoms with E-state index >= 15 is 4.39 Å². The molecule has 3 N–H and O–H groups in total. The fourth-order valence-electron chi connectivity index (χ4n) is 3.75. The second kappa shape index (κ2) is 9.26. The largest absolute Gasteiger partial charge is 0.424 e. The van der Waals surface area contributed by atoms with E-state index in [0.717, 1.165) is 11.3 Å². The average molecular weight is 481 g/mol. The number of amides is 1. The first-order chi connectivity index (χ1) is 17.4. The molecule has 9 nitrogen and oxygen atoms in total. The van der Waals surface area contributed by atoms with E-state index < -0.39 is 5.82 Å². The number of hydrogen-bond acceptors (Lipinski definition) is 7. The lowest BCUT2D eigenvalue weighted by atomic mass is 10.1. The van der Waals surface area contributed by atoms with Crippen molar-refractivity contribution in [3.63, 3.8) is 0 Å². The van der Waals surface area contributed by atoms with Gasteiger partial charge in [0.15, 0.2) is 11.6 Å². The first-order valence-corrected chi connectivity index (χ1v) is 10.9. The Labute approximate surface area is 205 Å². The maximum Gasteiger partial charge on any atom is 0.322 e. The summed E-state index contributed by atoms with van der Waals surface area (Å²) in [7, 11) is 0. The zero-order chi connectivity index (χ0) is 25.2. The summed E-state index contributed by atoms with van der Waals surface area (Å²) in [6.45, 7) is 5.26. The monoisotopic (exact) mass is 481 g/mol. The third-order valence-electron chi connectivity index (χ3n) is 5.39. The van der Waals surface area contributed by atoms with Crippen molar-refractivity contribution >= 4 is 28.4 Å². The van der Waals surface area contributed by atoms with Crippen LogP contribution in [-0.4, -0.2) is 30.4 Å². The summed E-state index contributed by atoms with van der Waals surface area (Å²) < 4.78 is 22.8. The molecule has 3 heterocycles. The van der Waals surface area contributed by atoms with Gasteiger partial charge in [0.25, 0.3) is 0 Å². The summed E-state index contributed by atoms with van der Waals surface area (Å²) >= 11 is 0. The maximum atomic E-state index is 15.5. The van der Waals surface area contributed by atoms with Crippen LogP contribution in [0, 0.1) is 12.7 Å². The van der Waals surface area contributed by atoms with Crippen LogP contribution in [0.15, 0.2) is 79.8 Å². The number of nitrogens with one attached hydrogen (secondary N) is 1. The van der Waals surface area contributed by atoms with Crippen molar-refractivity contribution in [3.8, 4) is 28.7 Å². The van der Waals surface area contributed by atoms with Gasteiger partial charge in [-0.3, -0.25) is 4.79 Å². The minimum absolute atomic E-state index is 0.121. The van der Waals surface area contributed by atoms with Gasteiger partial charge < -0.3 is 20.4 Å². The summed E-state index contributed by atoms with van der Waals surface area (Å²) in [5.74, 6) is -0.433. The van der Waals surface area contributed by atoms with Crippen molar-refractivity contribution in [2.24, 2.45) is 0 Å². The number of nitrogens with two attached hydrogens (primary N) is 1. The van der Waals surface area contributed by atoms with Gasteiger partial charge in [0.1, 0.15) is 17.6 Å². The molecule has 0 aliphatic rings. The molecule has 36 heavy (non-hydrogen) atoms. The van der Waals surface area contributed by atoms with Gasteiger partial charge in [-0.05, 0) is 55.0 Å². The zero-order valence-electron chi connectivity index (χ0n) is 19.1. The molecule has 0 saturated heterocycles. The van der Waals surface area contributed by atoms with Gasteiger partial charge in [-0.2, -0.15) is 0 Å². The molecule has 5 aromatic rings. The van der Waals surface area contributed by atoms with Crippen molar-refractivity contribution in [2.45, 2.75) is 6.92 Å². The second-order valence-electron chi connectivity index (χ2n) is 7.82. The Morgan fingerprint density at radius 2 is 1.92 bits per heavy atom. The minimum Gasteiger partial charge on any atom is -0.424 e. The lowest BCUT2D eigenvalue weighted by Gasteiger charge is -2.14. The van der Waals surface area contributed by atoms with Crippen LogP contribution in [0.3, 0.4) is 0 Å². The molecular formula is C26H20FN7O2. The van der Waals surface area contributed by atoms with Crippen LogP contribution >= 0.6 is 0 Å². The van der Waals surface area contributed by atoms with Gasteiger partial charge in [0.05, 0.1) is 16.9 Å². The molecule has 5 rings (SSSR count). The van der Waals surface area contributed by atoms with Crippen molar-refractivity contribution in [3.05, 3.63) is 91.3 Å². The molecule has 0 saturated carbocycles. The number of aromatic nitrogens is 5. The fraction of sp³-hybridized carbons (Fsp3) is 0.0385. The summed E-state index contributed by atoms with van der Waals surface area (Å²) in [6.07, 6.45) is 4.11. The standard InChI is InChI=1S/C26H20FN7O2/c1-3-23(35)33-17-6-4-16(5-7-17)22-13-20-24(25(28)31-14-30-20)34(22)21-9-8-18(12-19(21)27)36-26-29-11-10-15(2)32-26/h3-14H,1H2,2H3,(H,33,35)(H2,28,30,31). The van der Waals surface area contributed by atoms with Crippen LogP contribution in [0.4, 0.5) is 15.9 Å². The van der Waals surface area contributed by atoms with E-state index in [1.807, 2.05) is 6.92 Å². The highest BCUT2D eigenvalue weighted by Crippen LogP contribution is 2.35. The highest BCUT2D eigenvalue weighted by atomic mass is 19.1. The number of fused-ring (bicyclic) bond motifs is 1. The van der Waals surface area contributed by atoms with E-state index in [1.54, 1.807) is 59.3 Å². The van der Waals surface area contributed by atoms with Gasteiger partial charge in [0, 0.05) is 23.6 Å². The molecule has 2 aromatic carbocycles. The first-order valence-electron chi connectivity index (χ1n) is 10.9. The lowest BCUT2D eigenvalue weighted by Crippen LogP contribution is -2.07. The number of ether oxygens (including phenoxy) is 1. The average Bonchev–Trinajstić information content (AvgIpc) is 3.25. The number of rotatable bonds is 6. The Morgan fingerprint density at radius 1 is 1.11 bits per heavy atom. The number of carbonyl (C=O) groups excluding carboxylic acids is 1. The van der Waals surface area contributed by atoms with Crippen molar-refractivity contribution in [1.82, 2.24) is 24.5 Å². The number of anilines is 2. The summed E-state index contributed by atoms with van der Waals surface area (Å²) in [6, 6.07) is 15.2. The minimum atomic E-state index is -0.558. The van der Waals surface area contributed by atoms with Crippen LogP contribution in [0.1, 0.15) is 5.69 Å². The highest BCUT2D eigenvalue weighted by Gasteiger charge is 2.19. The van der Waals surface area contributed by atoms with E-state index in [0.29, 0.717) is 22.4 Å². The molecular weight excluding hydrogens is 461 g/mol. The van der Waals surface area contributed by atoms with Gasteiger partial charge in [0.2, 0.25) is 5.91 Å². The maximum absolute atomic E-state index is 15.5. The topological polar surface area (TPSA) is 121 Å². The lowest BCUT2D eigenvalue weighted by molar-refractivity contribution is -0.111. The number of carbonyl (C=O) groups is 1. The molecule has 3 aromatic heterocycles. The summed E-state index contributed by atoms with van der Waals surface area (Å²) in [4.78, 5) is 28.2. The molecule has 0 aliphatic heterocycles. The molecule has 10 heteroatoms. The first kappa shape index (κ1) is 22.7. The van der Waals surface area contributed by atoms with E-state index in [4.69, 9.17) is 10.5 Å². The van der Waals surface area contributed by atoms with Crippen LogP contribution < -0.4 is 15.8 Å². The van der Waals surface area contributed by atoms with Crippen molar-refractivity contribution < 1.29 is 13.9 Å². The SMILES string of the molecule is C=CC(=O)Nc1ccc(-c2cc3ncnc(N)c3n2-c2ccc(Oc3nccc(C)n3)cc2F)cc1. The highest BCUT2D eigenvalue weighted by molar-refractivity contribution is 5.99. The Morgan fingerprint density at radius 3 is 2.64 bits per heavy atom. The third-order valence-corrected chi connectivity index (χ3v) is 5.39. The van der Waals surface area contributed by atoms with Crippen LogP contribution in [-0.2, 0) is 4.79 Å². The Hall–Kier alpha value is -5.12. The number of nitrogens with zero attached hydrogens (tertiary/aromatic N) is 5. The van der Waals surface area contributed by atoms with Crippen LogP contribution in [0.2, 0.25) is 0 Å². The van der Waals surface area contributed by atoms with Crippen molar-refractivity contribution in [1.29, 1.82) is 0 Å². The molecule has 0 fully saturated rings. The number of halogens is 1. The molecule has 0 bridgehead atoms. The van der Waals surface area contributed by atoms with Crippen LogP contribution in [0.25, 0.3) is 28.0 Å². The molecule has 0 unspecified atom stereocenters. The number of hydrogen-bond donors (Lipinski definition) is 2. The predicted octanol–water partition coefficient (Wildman–Crippen LogP) is 4.82. The Balaban J connectivity index is 1.59. The fourth-order valence-corrected chi connectivity index (χ4v) is 3.75. The van der Waals surface area contributed by atoms with Gasteiger partial charge in [-0.15, -0.1) is 0 Å². The Bertz CT molecular complexity index is 1610. The van der Waals surface area contributed by atoms with Crippen molar-refractivity contribution in [2.75, 3.05) is 11.1 Å². The quantitative estimate of drug-likeness (QED) is 0.333. The van der Waals surface area contributed by atoms with E-state index in [1.165, 1.54) is 18.5 Å². The predicted molar refractivity (Wildman–Crippen MR) is 134 cm³/mol. The normalized spacial score (nSPS) is 10.8. The molecule has 0 atom stereocenters. The third kappa shape index (κ3) is 4.34.